The third-order valence-corrected chi connectivity index (χ3v) is 14.9. The Morgan fingerprint density at radius 1 is 0.921 bits per heavy atom. The number of carbonyl (C=O) groups excluding carboxylic acids is 1. The first-order valence-corrected chi connectivity index (χ1v) is 22.7. The average Bonchev–Trinajstić information content (AvgIpc) is 3.82. The SMILES string of the molecule is Cc1c(-c2ccc(N3CCc4cccc(C(=O)Nc5nc6ccccc6s5)c4C3)nc2C(=O)O)cnn1CC12CC3(C)CC(C)(C1)CC(OCCNC[C@@H](O)[C@@H](O)[C@H](O)CO)(C3)C2. The van der Waals surface area contributed by atoms with Crippen LogP contribution in [-0.2, 0) is 24.2 Å². The van der Waals surface area contributed by atoms with E-state index in [-0.39, 0.29) is 40.0 Å². The van der Waals surface area contributed by atoms with Gasteiger partial charge in [0, 0.05) is 55.1 Å². The highest BCUT2D eigenvalue weighted by Gasteiger charge is 2.66. The van der Waals surface area contributed by atoms with Gasteiger partial charge in [-0.1, -0.05) is 49.4 Å². The van der Waals surface area contributed by atoms with Crippen molar-refractivity contribution < 1.29 is 39.9 Å². The molecule has 5 atom stereocenters. The van der Waals surface area contributed by atoms with E-state index >= 15 is 0 Å². The van der Waals surface area contributed by atoms with Crippen LogP contribution in [0.1, 0.15) is 90.0 Å². The van der Waals surface area contributed by atoms with Crippen LogP contribution in [0.25, 0.3) is 21.3 Å². The topological polar surface area (TPSA) is 215 Å². The first kappa shape index (κ1) is 43.4. The predicted octanol–water partition coefficient (Wildman–Crippen LogP) is 5.18. The van der Waals surface area contributed by atoms with Crippen LogP contribution in [0.3, 0.4) is 0 Å². The van der Waals surface area contributed by atoms with Crippen molar-refractivity contribution in [3.05, 3.63) is 88.9 Å². The monoisotopic (exact) mass is 879 g/mol. The Kier molecular flexibility index (Phi) is 11.5. The largest absolute Gasteiger partial charge is 0.476 e. The summed E-state index contributed by atoms with van der Waals surface area (Å²) >= 11 is 1.43. The molecule has 334 valence electrons. The summed E-state index contributed by atoms with van der Waals surface area (Å²) in [5, 5.41) is 61.1. The van der Waals surface area contributed by atoms with E-state index in [1.54, 1.807) is 6.20 Å². The molecule has 15 nitrogen and oxygen atoms in total. The van der Waals surface area contributed by atoms with Gasteiger partial charge in [-0.3, -0.25) is 14.8 Å². The van der Waals surface area contributed by atoms with Gasteiger partial charge < -0.3 is 40.5 Å². The fraction of sp³-hybridized carbons (Fsp3) is 0.511. The van der Waals surface area contributed by atoms with Crippen molar-refractivity contribution in [1.29, 1.82) is 0 Å². The average molecular weight is 880 g/mol. The first-order valence-electron chi connectivity index (χ1n) is 21.9. The summed E-state index contributed by atoms with van der Waals surface area (Å²) in [5.74, 6) is -0.843. The molecule has 10 rings (SSSR count). The zero-order chi connectivity index (χ0) is 44.3. The van der Waals surface area contributed by atoms with Gasteiger partial charge in [0.15, 0.2) is 10.8 Å². The van der Waals surface area contributed by atoms with Crippen LogP contribution in [0, 0.1) is 23.2 Å². The smallest absolute Gasteiger partial charge is 0.355 e. The summed E-state index contributed by atoms with van der Waals surface area (Å²) in [6, 6.07) is 17.2. The number of aliphatic hydroxyl groups excluding tert-OH is 4. The van der Waals surface area contributed by atoms with Crippen molar-refractivity contribution >= 4 is 44.4 Å². The van der Waals surface area contributed by atoms with E-state index in [4.69, 9.17) is 19.9 Å². The Morgan fingerprint density at radius 2 is 1.70 bits per heavy atom. The lowest BCUT2D eigenvalue weighted by atomic mass is 9.39. The van der Waals surface area contributed by atoms with E-state index in [0.717, 1.165) is 71.1 Å². The van der Waals surface area contributed by atoms with Crippen LogP contribution in [0.2, 0.25) is 0 Å². The number of benzene rings is 2. The van der Waals surface area contributed by atoms with Crippen molar-refractivity contribution in [1.82, 2.24) is 25.1 Å². The second kappa shape index (κ2) is 16.6. The number of thiazole rings is 1. The van der Waals surface area contributed by atoms with Crippen molar-refractivity contribution in [2.45, 2.75) is 103 Å². The molecule has 0 radical (unpaired) electrons. The zero-order valence-corrected chi connectivity index (χ0v) is 36.8. The molecule has 1 aliphatic heterocycles. The minimum atomic E-state index is -1.45. The molecule has 4 bridgehead atoms. The molecule has 5 aliphatic rings. The number of anilines is 2. The van der Waals surface area contributed by atoms with Crippen LogP contribution in [-0.4, -0.2) is 114 Å². The summed E-state index contributed by atoms with van der Waals surface area (Å²) in [6.07, 6.45) is 4.39. The molecule has 0 spiro atoms. The van der Waals surface area contributed by atoms with Crippen LogP contribution in [0.15, 0.2) is 60.8 Å². The predicted molar refractivity (Wildman–Crippen MR) is 239 cm³/mol. The number of carboxylic acids is 1. The molecule has 4 saturated carbocycles. The van der Waals surface area contributed by atoms with Crippen molar-refractivity contribution in [2.75, 3.05) is 43.1 Å². The fourth-order valence-corrected chi connectivity index (χ4v) is 13.4. The molecule has 63 heavy (non-hydrogen) atoms. The summed E-state index contributed by atoms with van der Waals surface area (Å²) in [4.78, 5) is 38.0. The van der Waals surface area contributed by atoms with Gasteiger partial charge in [0.2, 0.25) is 0 Å². The molecule has 0 saturated heterocycles. The maximum Gasteiger partial charge on any atom is 0.355 e. The molecule has 16 heteroatoms. The molecule has 4 fully saturated rings. The number of nitrogens with zero attached hydrogens (tertiary/aromatic N) is 5. The normalized spacial score (nSPS) is 26.4. The Labute approximate surface area is 370 Å². The van der Waals surface area contributed by atoms with E-state index in [1.165, 1.54) is 11.3 Å². The number of carboxylic acid groups (broad SMARTS) is 1. The Morgan fingerprint density at radius 3 is 2.44 bits per heavy atom. The lowest BCUT2D eigenvalue weighted by molar-refractivity contribution is -0.247. The number of aromatic carboxylic acids is 1. The quantitative estimate of drug-likeness (QED) is 0.0638. The van der Waals surface area contributed by atoms with Gasteiger partial charge in [0.1, 0.15) is 18.0 Å². The van der Waals surface area contributed by atoms with Gasteiger partial charge >= 0.3 is 5.97 Å². The lowest BCUT2D eigenvalue weighted by Gasteiger charge is -2.69. The van der Waals surface area contributed by atoms with Gasteiger partial charge in [-0.05, 0) is 110 Å². The minimum Gasteiger partial charge on any atom is -0.476 e. The first-order chi connectivity index (χ1) is 30.1. The van der Waals surface area contributed by atoms with E-state index < -0.39 is 30.9 Å². The van der Waals surface area contributed by atoms with Gasteiger partial charge in [0.25, 0.3) is 5.91 Å². The number of aromatic nitrogens is 4. The number of pyridine rings is 1. The van der Waals surface area contributed by atoms with Gasteiger partial charge in [-0.25, -0.2) is 14.8 Å². The van der Waals surface area contributed by atoms with Gasteiger partial charge in [-0.2, -0.15) is 5.10 Å². The molecule has 2 aromatic carbocycles. The summed E-state index contributed by atoms with van der Waals surface area (Å²) in [6.45, 7) is 8.75. The van der Waals surface area contributed by atoms with E-state index in [9.17, 15) is 30.0 Å². The third kappa shape index (κ3) is 8.50. The van der Waals surface area contributed by atoms with Crippen LogP contribution in [0.5, 0.6) is 0 Å². The van der Waals surface area contributed by atoms with Gasteiger partial charge in [0.05, 0.1) is 41.3 Å². The molecular formula is C47H57N7O8S. The number of nitrogens with one attached hydrogen (secondary N) is 2. The lowest BCUT2D eigenvalue weighted by Crippen LogP contribution is -2.64. The van der Waals surface area contributed by atoms with E-state index in [0.29, 0.717) is 61.3 Å². The second-order valence-electron chi connectivity index (χ2n) is 19.5. The number of rotatable bonds is 16. The number of ether oxygens (including phenoxy) is 1. The molecule has 7 N–H and O–H groups in total. The molecule has 1 amide bonds. The maximum atomic E-state index is 13.7. The Hall–Kier alpha value is -4.81. The fourth-order valence-electron chi connectivity index (χ4n) is 12.5. The van der Waals surface area contributed by atoms with Crippen molar-refractivity contribution in [3.63, 3.8) is 0 Å². The summed E-state index contributed by atoms with van der Waals surface area (Å²) < 4.78 is 9.83. The highest BCUT2D eigenvalue weighted by Crippen LogP contribution is 2.72. The highest BCUT2D eigenvalue weighted by atomic mass is 32.1. The number of amides is 1. The standard InChI is InChI=1S/C47H57N7O8S/c1-28-32(17-49-54(28)27-46-22-44(2)21-45(3,23-46)25-47(24-44,26-46)62-16-14-48-18-35(56)40(58)36(57)20-55)30-11-12-38(51-39(30)42(60)61)53-15-13-29-7-6-8-31(33(29)19-53)41(59)52-43-50-34-9-4-5-10-37(34)63-43/h4-12,17,35-36,40,48,55-58H,13-16,18-27H2,1-3H3,(H,60,61)(H,50,52,59)/t35-,36-,40-,44?,45?,46?,47?/m1/s1. The van der Waals surface area contributed by atoms with Crippen molar-refractivity contribution in [3.8, 4) is 11.1 Å². The third-order valence-electron chi connectivity index (χ3n) is 14.0. The molecule has 5 aromatic rings. The Bertz CT molecular complexity index is 2490. The van der Waals surface area contributed by atoms with E-state index in [1.807, 2.05) is 71.1 Å². The van der Waals surface area contributed by atoms with Crippen LogP contribution < -0.4 is 15.5 Å². The number of carbonyl (C=O) groups is 2. The molecular weight excluding hydrogens is 823 g/mol. The summed E-state index contributed by atoms with van der Waals surface area (Å²) in [5.41, 5.74) is 5.17. The van der Waals surface area contributed by atoms with Crippen molar-refractivity contribution in [2.24, 2.45) is 16.2 Å². The molecule has 3 aromatic heterocycles. The molecule has 2 unspecified atom stereocenters. The Balaban J connectivity index is 0.902. The molecule has 4 heterocycles. The zero-order valence-electron chi connectivity index (χ0n) is 36.0. The number of aliphatic hydroxyl groups is 4. The molecule has 4 aliphatic carbocycles. The number of fused-ring (bicyclic) bond motifs is 2. The van der Waals surface area contributed by atoms with E-state index in [2.05, 4.69) is 29.5 Å². The maximum absolute atomic E-state index is 13.7. The van der Waals surface area contributed by atoms with Crippen LogP contribution in [0.4, 0.5) is 10.9 Å². The number of hydrogen-bond donors (Lipinski definition) is 7. The van der Waals surface area contributed by atoms with Gasteiger partial charge in [-0.15, -0.1) is 0 Å². The second-order valence-corrected chi connectivity index (χ2v) is 20.5. The summed E-state index contributed by atoms with van der Waals surface area (Å²) in [7, 11) is 0. The highest BCUT2D eigenvalue weighted by molar-refractivity contribution is 7.22. The minimum absolute atomic E-state index is 0.0507. The number of para-hydroxylation sites is 1. The van der Waals surface area contributed by atoms with Crippen LogP contribution >= 0.6 is 11.3 Å². The number of hydrogen-bond acceptors (Lipinski definition) is 13.